The topological polar surface area (TPSA) is 41.5 Å². The summed E-state index contributed by atoms with van der Waals surface area (Å²) in [6.45, 7) is 9.10. The van der Waals surface area contributed by atoms with E-state index in [9.17, 15) is 5.11 Å². The van der Waals surface area contributed by atoms with Crippen LogP contribution in [0.15, 0.2) is 42.5 Å². The second-order valence-corrected chi connectivity index (χ2v) is 6.51. The van der Waals surface area contributed by atoms with Gasteiger partial charge in [-0.3, -0.25) is 0 Å². The predicted molar refractivity (Wildman–Crippen MR) is 107 cm³/mol. The summed E-state index contributed by atoms with van der Waals surface area (Å²) >= 11 is 0. The molecule has 2 aromatic rings. The Bertz CT molecular complexity index is 643. The summed E-state index contributed by atoms with van der Waals surface area (Å²) in [5, 5.41) is 13.7. The largest absolute Gasteiger partial charge is 0.491 e. The van der Waals surface area contributed by atoms with Crippen molar-refractivity contribution in [2.75, 3.05) is 13.2 Å². The molecule has 0 aromatic heterocycles. The molecule has 0 aliphatic carbocycles. The fourth-order valence-electron chi connectivity index (χ4n) is 2.68. The average Bonchev–Trinajstić information content (AvgIpc) is 2.57. The van der Waals surface area contributed by atoms with Crippen molar-refractivity contribution in [3.63, 3.8) is 0 Å². The zero-order chi connectivity index (χ0) is 17.5. The van der Waals surface area contributed by atoms with Crippen LogP contribution in [0.2, 0.25) is 0 Å². The highest BCUT2D eigenvalue weighted by Crippen LogP contribution is 2.20. The molecule has 0 spiro atoms. The van der Waals surface area contributed by atoms with E-state index in [1.165, 1.54) is 11.1 Å². The molecule has 0 aliphatic heterocycles. The quantitative estimate of drug-likeness (QED) is 0.724. The van der Waals surface area contributed by atoms with Crippen LogP contribution < -0.4 is 10.1 Å². The lowest BCUT2D eigenvalue weighted by Gasteiger charge is -2.20. The standard InChI is InChI=1S/C21H29NO2.ClH/c1-5-20(18-10-7-15(2)8-11-18)22-13-19(23)14-24-21-12-16(3)6-9-17(21)4;/h6-12,19-20,22-23H,5,13-14H2,1-4H3;1H. The van der Waals surface area contributed by atoms with E-state index in [0.29, 0.717) is 13.2 Å². The summed E-state index contributed by atoms with van der Waals surface area (Å²) in [7, 11) is 0. The molecule has 138 valence electrons. The molecule has 0 saturated carbocycles. The molecule has 25 heavy (non-hydrogen) atoms. The van der Waals surface area contributed by atoms with Crippen molar-refractivity contribution in [3.8, 4) is 5.75 Å². The van der Waals surface area contributed by atoms with Crippen molar-refractivity contribution in [3.05, 3.63) is 64.7 Å². The van der Waals surface area contributed by atoms with Crippen molar-refractivity contribution in [1.29, 1.82) is 0 Å². The van der Waals surface area contributed by atoms with E-state index < -0.39 is 6.10 Å². The van der Waals surface area contributed by atoms with Gasteiger partial charge in [-0.05, 0) is 49.9 Å². The van der Waals surface area contributed by atoms with E-state index >= 15 is 0 Å². The van der Waals surface area contributed by atoms with Gasteiger partial charge in [0.25, 0.3) is 0 Å². The average molecular weight is 364 g/mol. The van der Waals surface area contributed by atoms with Gasteiger partial charge >= 0.3 is 0 Å². The number of aryl methyl sites for hydroxylation is 3. The van der Waals surface area contributed by atoms with Crippen molar-refractivity contribution in [1.82, 2.24) is 5.32 Å². The molecule has 2 rings (SSSR count). The van der Waals surface area contributed by atoms with E-state index in [4.69, 9.17) is 4.74 Å². The normalized spacial score (nSPS) is 13.0. The van der Waals surface area contributed by atoms with Gasteiger partial charge in [-0.15, -0.1) is 12.4 Å². The molecule has 2 aromatic carbocycles. The fourth-order valence-corrected chi connectivity index (χ4v) is 2.68. The van der Waals surface area contributed by atoms with Crippen molar-refractivity contribution in [2.24, 2.45) is 0 Å². The van der Waals surface area contributed by atoms with Gasteiger partial charge in [-0.25, -0.2) is 0 Å². The maximum atomic E-state index is 10.2. The second-order valence-electron chi connectivity index (χ2n) is 6.51. The van der Waals surface area contributed by atoms with Gasteiger partial charge in [0.15, 0.2) is 0 Å². The lowest BCUT2D eigenvalue weighted by molar-refractivity contribution is 0.103. The number of halogens is 1. The number of benzene rings is 2. The molecule has 0 amide bonds. The third-order valence-electron chi connectivity index (χ3n) is 4.26. The molecule has 3 nitrogen and oxygen atoms in total. The van der Waals surface area contributed by atoms with Crippen LogP contribution in [0, 0.1) is 20.8 Å². The first-order chi connectivity index (χ1) is 11.5. The van der Waals surface area contributed by atoms with Gasteiger partial charge in [-0.1, -0.05) is 48.9 Å². The highest BCUT2D eigenvalue weighted by atomic mass is 35.5. The Morgan fingerprint density at radius 3 is 2.28 bits per heavy atom. The van der Waals surface area contributed by atoms with Crippen molar-refractivity contribution >= 4 is 12.4 Å². The number of hydrogen-bond acceptors (Lipinski definition) is 3. The van der Waals surface area contributed by atoms with Gasteiger partial charge < -0.3 is 15.2 Å². The first-order valence-corrected chi connectivity index (χ1v) is 8.67. The molecular formula is C21H30ClNO2. The van der Waals surface area contributed by atoms with Crippen LogP contribution in [0.1, 0.15) is 41.6 Å². The van der Waals surface area contributed by atoms with Crippen LogP contribution in [0.3, 0.4) is 0 Å². The molecule has 2 N–H and O–H groups in total. The minimum Gasteiger partial charge on any atom is -0.491 e. The van der Waals surface area contributed by atoms with E-state index in [0.717, 1.165) is 23.3 Å². The minimum absolute atomic E-state index is 0. The molecular weight excluding hydrogens is 334 g/mol. The third kappa shape index (κ3) is 6.69. The van der Waals surface area contributed by atoms with Crippen LogP contribution in [0.5, 0.6) is 5.75 Å². The van der Waals surface area contributed by atoms with E-state index in [1.54, 1.807) is 0 Å². The second kappa shape index (κ2) is 10.4. The Hall–Kier alpha value is -1.55. The molecule has 4 heteroatoms. The van der Waals surface area contributed by atoms with Gasteiger partial charge in [0.2, 0.25) is 0 Å². The lowest BCUT2D eigenvalue weighted by Crippen LogP contribution is -2.33. The number of hydrogen-bond donors (Lipinski definition) is 2. The van der Waals surface area contributed by atoms with E-state index in [2.05, 4.69) is 49.5 Å². The first kappa shape index (κ1) is 21.5. The SMILES string of the molecule is CCC(NCC(O)COc1cc(C)ccc1C)c1ccc(C)cc1.Cl. The summed E-state index contributed by atoms with van der Waals surface area (Å²) in [4.78, 5) is 0. The van der Waals surface area contributed by atoms with Crippen LogP contribution in [0.4, 0.5) is 0 Å². The molecule has 0 aliphatic rings. The smallest absolute Gasteiger partial charge is 0.122 e. The van der Waals surface area contributed by atoms with Gasteiger partial charge in [0, 0.05) is 12.6 Å². The Morgan fingerprint density at radius 2 is 1.64 bits per heavy atom. The highest BCUT2D eigenvalue weighted by Gasteiger charge is 2.12. The predicted octanol–water partition coefficient (Wildman–Crippen LogP) is 4.51. The van der Waals surface area contributed by atoms with Gasteiger partial charge in [0.05, 0.1) is 0 Å². The molecule has 0 bridgehead atoms. The van der Waals surface area contributed by atoms with Crippen molar-refractivity contribution in [2.45, 2.75) is 46.3 Å². The molecule has 2 unspecified atom stereocenters. The molecule has 0 fully saturated rings. The number of aliphatic hydroxyl groups is 1. The first-order valence-electron chi connectivity index (χ1n) is 8.67. The fraction of sp³-hybridized carbons (Fsp3) is 0.429. The Labute approximate surface area is 157 Å². The maximum absolute atomic E-state index is 10.2. The van der Waals surface area contributed by atoms with Crippen LogP contribution in [0.25, 0.3) is 0 Å². The Morgan fingerprint density at radius 1 is 1.00 bits per heavy atom. The number of aliphatic hydroxyl groups excluding tert-OH is 1. The van der Waals surface area contributed by atoms with Crippen LogP contribution in [-0.4, -0.2) is 24.4 Å². The zero-order valence-electron chi connectivity index (χ0n) is 15.6. The number of nitrogens with one attached hydrogen (secondary N) is 1. The summed E-state index contributed by atoms with van der Waals surface area (Å²) in [6.07, 6.45) is 0.442. The Balaban J connectivity index is 0.00000312. The van der Waals surface area contributed by atoms with Gasteiger partial charge in [0.1, 0.15) is 18.5 Å². The van der Waals surface area contributed by atoms with E-state index in [1.807, 2.05) is 26.0 Å². The summed E-state index contributed by atoms with van der Waals surface area (Å²) < 4.78 is 5.78. The number of ether oxygens (including phenoxy) is 1. The molecule has 0 radical (unpaired) electrons. The minimum atomic E-state index is -0.538. The number of rotatable bonds is 8. The summed E-state index contributed by atoms with van der Waals surface area (Å²) in [5.41, 5.74) is 4.77. The van der Waals surface area contributed by atoms with Crippen LogP contribution in [-0.2, 0) is 0 Å². The van der Waals surface area contributed by atoms with Gasteiger partial charge in [-0.2, -0.15) is 0 Å². The molecule has 0 heterocycles. The molecule has 0 saturated heterocycles. The highest BCUT2D eigenvalue weighted by molar-refractivity contribution is 5.85. The summed E-state index contributed by atoms with van der Waals surface area (Å²) in [6, 6.07) is 14.9. The van der Waals surface area contributed by atoms with Crippen molar-refractivity contribution < 1.29 is 9.84 Å². The zero-order valence-corrected chi connectivity index (χ0v) is 16.4. The summed E-state index contributed by atoms with van der Waals surface area (Å²) in [5.74, 6) is 0.847. The van der Waals surface area contributed by atoms with Crippen LogP contribution >= 0.6 is 12.4 Å². The third-order valence-corrected chi connectivity index (χ3v) is 4.26. The van der Waals surface area contributed by atoms with E-state index in [-0.39, 0.29) is 18.4 Å². The lowest BCUT2D eigenvalue weighted by atomic mass is 10.0. The molecule has 2 atom stereocenters. The maximum Gasteiger partial charge on any atom is 0.122 e. The Kier molecular flexibility index (Phi) is 8.98. The monoisotopic (exact) mass is 363 g/mol.